The molecule has 7 heteroatoms. The van der Waals surface area contributed by atoms with Crippen LogP contribution in [0.1, 0.15) is 16.7 Å². The van der Waals surface area contributed by atoms with E-state index in [2.05, 4.69) is 9.98 Å². The van der Waals surface area contributed by atoms with Gasteiger partial charge in [-0.2, -0.15) is 0 Å². The summed E-state index contributed by atoms with van der Waals surface area (Å²) < 4.78 is 5.89. The van der Waals surface area contributed by atoms with Crippen molar-refractivity contribution in [3.8, 4) is 17.2 Å². The maximum absolute atomic E-state index is 10.9. The summed E-state index contributed by atoms with van der Waals surface area (Å²) >= 11 is 0. The van der Waals surface area contributed by atoms with Crippen LogP contribution >= 0.6 is 0 Å². The highest BCUT2D eigenvalue weighted by Crippen LogP contribution is 2.29. The number of benzene rings is 3. The molecule has 0 aliphatic carbocycles. The van der Waals surface area contributed by atoms with E-state index in [0.717, 1.165) is 27.8 Å². The van der Waals surface area contributed by atoms with E-state index in [1.165, 1.54) is 24.4 Å². The SMILES string of the molecule is Cc1cc2nc(-c3cccc(N=Cc4cc([N+](=O)[O-])ccc4O)c3)oc2cc1C. The van der Waals surface area contributed by atoms with Crippen molar-refractivity contribution < 1.29 is 14.4 Å². The average molecular weight is 387 g/mol. The molecule has 4 aromatic rings. The van der Waals surface area contributed by atoms with Crippen LogP contribution in [0, 0.1) is 24.0 Å². The topological polar surface area (TPSA) is 102 Å². The van der Waals surface area contributed by atoms with E-state index in [9.17, 15) is 15.2 Å². The largest absolute Gasteiger partial charge is 0.507 e. The predicted octanol–water partition coefficient (Wildman–Crippen LogP) is 5.48. The number of aliphatic imine (C=N–C) groups is 1. The van der Waals surface area contributed by atoms with Gasteiger partial charge in [0.05, 0.1) is 10.6 Å². The normalized spacial score (nSPS) is 11.4. The fourth-order valence-electron chi connectivity index (χ4n) is 2.93. The molecular formula is C22H17N3O4. The third-order valence-electron chi connectivity index (χ3n) is 4.67. The van der Waals surface area contributed by atoms with Gasteiger partial charge in [-0.05, 0) is 61.4 Å². The Morgan fingerprint density at radius 2 is 1.90 bits per heavy atom. The van der Waals surface area contributed by atoms with Gasteiger partial charge in [-0.25, -0.2) is 4.98 Å². The van der Waals surface area contributed by atoms with Crippen molar-refractivity contribution in [1.29, 1.82) is 0 Å². The number of phenols is 1. The second kappa shape index (κ2) is 7.20. The van der Waals surface area contributed by atoms with Crippen LogP contribution in [0.25, 0.3) is 22.6 Å². The fraction of sp³-hybridized carbons (Fsp3) is 0.0909. The van der Waals surface area contributed by atoms with Crippen molar-refractivity contribution in [2.75, 3.05) is 0 Å². The minimum absolute atomic E-state index is 0.0832. The standard InChI is InChI=1S/C22H17N3O4/c1-13-8-19-21(9-14(13)2)29-22(24-19)15-4-3-5-17(10-15)23-12-16-11-18(25(27)28)6-7-20(16)26/h3-12,26H,1-2H3. The summed E-state index contributed by atoms with van der Waals surface area (Å²) in [5.41, 5.74) is 5.30. The van der Waals surface area contributed by atoms with E-state index in [0.29, 0.717) is 11.6 Å². The molecule has 1 aromatic heterocycles. The number of non-ortho nitro benzene ring substituents is 1. The first-order valence-electron chi connectivity index (χ1n) is 8.90. The Balaban J connectivity index is 1.67. The molecule has 29 heavy (non-hydrogen) atoms. The summed E-state index contributed by atoms with van der Waals surface area (Å²) in [6.45, 7) is 4.05. The number of aromatic nitrogens is 1. The van der Waals surface area contributed by atoms with E-state index in [1.54, 1.807) is 12.1 Å². The zero-order chi connectivity index (χ0) is 20.5. The van der Waals surface area contributed by atoms with Crippen LogP contribution in [0.15, 0.2) is 64.0 Å². The molecule has 3 aromatic carbocycles. The van der Waals surface area contributed by atoms with E-state index < -0.39 is 4.92 Å². The Labute approximate surface area is 166 Å². The highest BCUT2D eigenvalue weighted by Gasteiger charge is 2.11. The molecule has 7 nitrogen and oxygen atoms in total. The van der Waals surface area contributed by atoms with Crippen LogP contribution in [0.5, 0.6) is 5.75 Å². The van der Waals surface area contributed by atoms with E-state index in [1.807, 2.05) is 38.1 Å². The maximum atomic E-state index is 10.9. The number of nitro groups is 1. The molecule has 0 bridgehead atoms. The minimum atomic E-state index is -0.520. The maximum Gasteiger partial charge on any atom is 0.270 e. The Hall–Kier alpha value is -4.00. The van der Waals surface area contributed by atoms with E-state index >= 15 is 0 Å². The smallest absolute Gasteiger partial charge is 0.270 e. The van der Waals surface area contributed by atoms with Gasteiger partial charge in [-0.1, -0.05) is 6.07 Å². The van der Waals surface area contributed by atoms with Crippen molar-refractivity contribution in [1.82, 2.24) is 4.98 Å². The summed E-state index contributed by atoms with van der Waals surface area (Å²) in [5.74, 6) is 0.403. The van der Waals surface area contributed by atoms with Crippen molar-refractivity contribution in [3.05, 3.63) is 81.4 Å². The zero-order valence-electron chi connectivity index (χ0n) is 15.8. The lowest BCUT2D eigenvalue weighted by atomic mass is 10.1. The van der Waals surface area contributed by atoms with E-state index in [-0.39, 0.29) is 17.0 Å². The molecule has 1 heterocycles. The van der Waals surface area contributed by atoms with Crippen LogP contribution in [-0.4, -0.2) is 21.2 Å². The van der Waals surface area contributed by atoms with Gasteiger partial charge >= 0.3 is 0 Å². The van der Waals surface area contributed by atoms with E-state index in [4.69, 9.17) is 4.42 Å². The highest BCUT2D eigenvalue weighted by atomic mass is 16.6. The Kier molecular flexibility index (Phi) is 4.56. The lowest BCUT2D eigenvalue weighted by molar-refractivity contribution is -0.384. The lowest BCUT2D eigenvalue weighted by Crippen LogP contribution is -1.90. The predicted molar refractivity (Wildman–Crippen MR) is 111 cm³/mol. The third kappa shape index (κ3) is 3.70. The van der Waals surface area contributed by atoms with Gasteiger partial charge < -0.3 is 9.52 Å². The number of nitrogens with zero attached hydrogens (tertiary/aromatic N) is 3. The molecule has 4 rings (SSSR count). The molecule has 0 aliphatic heterocycles. The minimum Gasteiger partial charge on any atom is -0.507 e. The second-order valence-corrected chi connectivity index (χ2v) is 6.73. The van der Waals surface area contributed by atoms with Gasteiger partial charge in [0.2, 0.25) is 5.89 Å². The Bertz CT molecular complexity index is 1240. The molecule has 0 radical (unpaired) electrons. The number of nitro benzene ring substituents is 1. The van der Waals surface area contributed by atoms with Crippen molar-refractivity contribution >= 4 is 28.7 Å². The van der Waals surface area contributed by atoms with Crippen LogP contribution in [0.4, 0.5) is 11.4 Å². The molecule has 0 saturated carbocycles. The van der Waals surface area contributed by atoms with Gasteiger partial charge in [0, 0.05) is 29.5 Å². The first kappa shape index (κ1) is 18.4. The van der Waals surface area contributed by atoms with Gasteiger partial charge in [0.15, 0.2) is 5.58 Å². The van der Waals surface area contributed by atoms with Gasteiger partial charge in [0.1, 0.15) is 11.3 Å². The molecule has 0 fully saturated rings. The molecule has 0 atom stereocenters. The first-order valence-corrected chi connectivity index (χ1v) is 8.90. The number of hydrogen-bond donors (Lipinski definition) is 1. The lowest BCUT2D eigenvalue weighted by Gasteiger charge is -2.00. The molecule has 0 amide bonds. The van der Waals surface area contributed by atoms with Crippen molar-refractivity contribution in [2.24, 2.45) is 4.99 Å². The Morgan fingerprint density at radius 3 is 2.69 bits per heavy atom. The summed E-state index contributed by atoms with van der Waals surface area (Å²) in [6, 6.07) is 15.0. The molecule has 144 valence electrons. The summed E-state index contributed by atoms with van der Waals surface area (Å²) in [4.78, 5) is 19.3. The second-order valence-electron chi connectivity index (χ2n) is 6.73. The van der Waals surface area contributed by atoms with Crippen LogP contribution in [0.3, 0.4) is 0 Å². The van der Waals surface area contributed by atoms with Gasteiger partial charge in [-0.15, -0.1) is 0 Å². The number of phenolic OH excluding ortho intramolecular Hbond substituents is 1. The van der Waals surface area contributed by atoms with Crippen LogP contribution < -0.4 is 0 Å². The molecule has 0 spiro atoms. The zero-order valence-corrected chi connectivity index (χ0v) is 15.8. The monoisotopic (exact) mass is 387 g/mol. The molecular weight excluding hydrogens is 370 g/mol. The number of aromatic hydroxyl groups is 1. The fourth-order valence-corrected chi connectivity index (χ4v) is 2.93. The number of fused-ring (bicyclic) bond motifs is 1. The summed E-state index contributed by atoms with van der Waals surface area (Å²) in [5, 5.41) is 20.8. The van der Waals surface area contributed by atoms with Gasteiger partial charge in [-0.3, -0.25) is 15.1 Å². The van der Waals surface area contributed by atoms with Crippen LogP contribution in [-0.2, 0) is 0 Å². The molecule has 0 aliphatic rings. The number of aryl methyl sites for hydroxylation is 2. The molecule has 0 saturated heterocycles. The molecule has 0 unspecified atom stereocenters. The Morgan fingerprint density at radius 1 is 1.10 bits per heavy atom. The number of oxazole rings is 1. The summed E-state index contributed by atoms with van der Waals surface area (Å²) in [7, 11) is 0. The van der Waals surface area contributed by atoms with Crippen molar-refractivity contribution in [3.63, 3.8) is 0 Å². The summed E-state index contributed by atoms with van der Waals surface area (Å²) in [6.07, 6.45) is 1.39. The number of rotatable bonds is 4. The van der Waals surface area contributed by atoms with Gasteiger partial charge in [0.25, 0.3) is 5.69 Å². The highest BCUT2D eigenvalue weighted by molar-refractivity contribution is 5.86. The van der Waals surface area contributed by atoms with Crippen molar-refractivity contribution in [2.45, 2.75) is 13.8 Å². The number of hydrogen-bond acceptors (Lipinski definition) is 6. The van der Waals surface area contributed by atoms with Crippen LogP contribution in [0.2, 0.25) is 0 Å². The quantitative estimate of drug-likeness (QED) is 0.284. The third-order valence-corrected chi connectivity index (χ3v) is 4.67. The molecule has 1 N–H and O–H groups in total. The first-order chi connectivity index (χ1) is 13.9. The average Bonchev–Trinajstić information content (AvgIpc) is 3.10.